The maximum atomic E-state index is 10.4. The van der Waals surface area contributed by atoms with Crippen LogP contribution in [-0.4, -0.2) is 11.1 Å². The lowest BCUT2D eigenvalue weighted by molar-refractivity contribution is -0.142. The van der Waals surface area contributed by atoms with E-state index in [1.807, 2.05) is 60.7 Å². The van der Waals surface area contributed by atoms with Crippen LogP contribution in [0.5, 0.6) is 0 Å². The van der Waals surface area contributed by atoms with Gasteiger partial charge in [-0.1, -0.05) is 60.7 Å². The van der Waals surface area contributed by atoms with E-state index in [0.29, 0.717) is 6.61 Å². The van der Waals surface area contributed by atoms with Crippen LogP contribution in [0.1, 0.15) is 18.1 Å². The number of hydrogen-bond acceptors (Lipinski definition) is 3. The van der Waals surface area contributed by atoms with Gasteiger partial charge in [0.25, 0.3) is 0 Å². The van der Waals surface area contributed by atoms with Crippen LogP contribution in [0.2, 0.25) is 0 Å². The molecular formula is C16H18O3. The van der Waals surface area contributed by atoms with E-state index < -0.39 is 0 Å². The van der Waals surface area contributed by atoms with Crippen LogP contribution in [0, 0.1) is 0 Å². The summed E-state index contributed by atoms with van der Waals surface area (Å²) in [4.78, 5) is 10.4. The van der Waals surface area contributed by atoms with Crippen molar-refractivity contribution >= 4 is 5.97 Å². The molecule has 0 aliphatic heterocycles. The lowest BCUT2D eigenvalue weighted by Crippen LogP contribution is -1.97. The molecule has 19 heavy (non-hydrogen) atoms. The molecule has 2 aromatic rings. The van der Waals surface area contributed by atoms with Crippen molar-refractivity contribution in [2.24, 2.45) is 0 Å². The molecule has 0 spiro atoms. The van der Waals surface area contributed by atoms with Crippen molar-refractivity contribution in [2.45, 2.75) is 20.1 Å². The van der Waals surface area contributed by atoms with Gasteiger partial charge in [-0.25, -0.2) is 0 Å². The van der Waals surface area contributed by atoms with Gasteiger partial charge in [0.2, 0.25) is 0 Å². The fourth-order valence-corrected chi connectivity index (χ4v) is 1.34. The normalized spacial score (nSPS) is 9.16. The van der Waals surface area contributed by atoms with Gasteiger partial charge < -0.3 is 9.84 Å². The number of benzene rings is 2. The Labute approximate surface area is 113 Å². The number of ether oxygens (including phenoxy) is 1. The van der Waals surface area contributed by atoms with Crippen LogP contribution in [0.15, 0.2) is 60.7 Å². The number of aliphatic hydroxyl groups excluding tert-OH is 1. The lowest BCUT2D eigenvalue weighted by atomic mass is 10.2. The predicted molar refractivity (Wildman–Crippen MR) is 74.3 cm³/mol. The Kier molecular flexibility index (Phi) is 6.98. The molecular weight excluding hydrogens is 240 g/mol. The summed E-state index contributed by atoms with van der Waals surface area (Å²) in [6, 6.07) is 19.1. The summed E-state index contributed by atoms with van der Waals surface area (Å²) in [5.41, 5.74) is 1.98. The van der Waals surface area contributed by atoms with Gasteiger partial charge in [0, 0.05) is 6.92 Å². The van der Waals surface area contributed by atoms with Crippen LogP contribution in [-0.2, 0) is 22.7 Å². The van der Waals surface area contributed by atoms with Crippen LogP contribution < -0.4 is 0 Å². The average Bonchev–Trinajstić information content (AvgIpc) is 2.48. The van der Waals surface area contributed by atoms with E-state index in [0.717, 1.165) is 11.1 Å². The van der Waals surface area contributed by atoms with Crippen molar-refractivity contribution in [3.63, 3.8) is 0 Å². The first-order valence-corrected chi connectivity index (χ1v) is 6.04. The van der Waals surface area contributed by atoms with Crippen molar-refractivity contribution in [1.82, 2.24) is 0 Å². The molecule has 0 radical (unpaired) electrons. The van der Waals surface area contributed by atoms with Crippen LogP contribution in [0.25, 0.3) is 0 Å². The molecule has 0 aliphatic carbocycles. The molecule has 0 atom stereocenters. The molecule has 0 aliphatic rings. The summed E-state index contributed by atoms with van der Waals surface area (Å²) in [7, 11) is 0. The largest absolute Gasteiger partial charge is 0.461 e. The number of esters is 1. The highest BCUT2D eigenvalue weighted by atomic mass is 16.5. The third kappa shape index (κ3) is 7.01. The molecule has 0 amide bonds. The fraction of sp³-hybridized carbons (Fsp3) is 0.188. The lowest BCUT2D eigenvalue weighted by Gasteiger charge is -1.99. The first-order chi connectivity index (χ1) is 9.22. The Morgan fingerprint density at radius 3 is 1.79 bits per heavy atom. The molecule has 0 unspecified atom stereocenters. The zero-order valence-corrected chi connectivity index (χ0v) is 11.0. The summed E-state index contributed by atoms with van der Waals surface area (Å²) in [5.74, 6) is -0.242. The molecule has 0 fully saturated rings. The molecule has 2 aromatic carbocycles. The third-order valence-corrected chi connectivity index (χ3v) is 2.31. The maximum absolute atomic E-state index is 10.4. The van der Waals surface area contributed by atoms with E-state index in [1.54, 1.807) is 0 Å². The number of aliphatic hydroxyl groups is 1. The van der Waals surface area contributed by atoms with Crippen molar-refractivity contribution in [2.75, 3.05) is 0 Å². The minimum absolute atomic E-state index is 0.140. The molecule has 3 nitrogen and oxygen atoms in total. The average molecular weight is 258 g/mol. The van der Waals surface area contributed by atoms with E-state index in [2.05, 4.69) is 0 Å². The first-order valence-electron chi connectivity index (χ1n) is 6.04. The van der Waals surface area contributed by atoms with E-state index in [1.165, 1.54) is 6.92 Å². The molecule has 100 valence electrons. The van der Waals surface area contributed by atoms with Crippen molar-refractivity contribution in [3.05, 3.63) is 71.8 Å². The molecule has 2 rings (SSSR count). The van der Waals surface area contributed by atoms with E-state index in [9.17, 15) is 4.79 Å². The molecule has 0 saturated heterocycles. The van der Waals surface area contributed by atoms with Gasteiger partial charge in [0.1, 0.15) is 6.61 Å². The van der Waals surface area contributed by atoms with Crippen molar-refractivity contribution in [1.29, 1.82) is 0 Å². The SMILES string of the molecule is CC(=O)OCc1ccccc1.OCc1ccccc1. The van der Waals surface area contributed by atoms with Gasteiger partial charge >= 0.3 is 5.97 Å². The van der Waals surface area contributed by atoms with Crippen molar-refractivity contribution in [3.8, 4) is 0 Å². The van der Waals surface area contributed by atoms with E-state index in [4.69, 9.17) is 9.84 Å². The van der Waals surface area contributed by atoms with Gasteiger partial charge in [-0.3, -0.25) is 4.79 Å². The predicted octanol–water partition coefficient (Wildman–Crippen LogP) is 2.93. The molecule has 0 heterocycles. The molecule has 3 heteroatoms. The monoisotopic (exact) mass is 258 g/mol. The zero-order chi connectivity index (χ0) is 13.9. The van der Waals surface area contributed by atoms with Gasteiger partial charge in [0.05, 0.1) is 6.61 Å². The minimum atomic E-state index is -0.242. The molecule has 1 N–H and O–H groups in total. The summed E-state index contributed by atoms with van der Waals surface area (Å²) in [6.45, 7) is 1.92. The number of rotatable bonds is 3. The highest BCUT2D eigenvalue weighted by Gasteiger charge is 1.93. The summed E-state index contributed by atoms with van der Waals surface area (Å²) in [6.07, 6.45) is 0. The molecule has 0 bridgehead atoms. The quantitative estimate of drug-likeness (QED) is 0.861. The van der Waals surface area contributed by atoms with Gasteiger partial charge in [-0.05, 0) is 11.1 Å². The number of carbonyl (C=O) groups excluding carboxylic acids is 1. The van der Waals surface area contributed by atoms with Gasteiger partial charge in [-0.15, -0.1) is 0 Å². The Balaban J connectivity index is 0.000000200. The van der Waals surface area contributed by atoms with Crippen LogP contribution in [0.3, 0.4) is 0 Å². The smallest absolute Gasteiger partial charge is 0.302 e. The van der Waals surface area contributed by atoms with E-state index in [-0.39, 0.29) is 12.6 Å². The third-order valence-electron chi connectivity index (χ3n) is 2.31. The second kappa shape index (κ2) is 8.89. The minimum Gasteiger partial charge on any atom is -0.461 e. The van der Waals surface area contributed by atoms with Gasteiger partial charge in [-0.2, -0.15) is 0 Å². The maximum Gasteiger partial charge on any atom is 0.302 e. The molecule has 0 saturated carbocycles. The summed E-state index contributed by atoms with van der Waals surface area (Å²) in [5, 5.41) is 8.54. The molecule has 0 aromatic heterocycles. The standard InChI is InChI=1S/C9H10O2.C7H8O/c1-8(10)11-7-9-5-3-2-4-6-9;8-6-7-4-2-1-3-5-7/h2-6H,7H2,1H3;1-5,8H,6H2. The Morgan fingerprint density at radius 1 is 0.947 bits per heavy atom. The summed E-state index contributed by atoms with van der Waals surface area (Å²) >= 11 is 0. The van der Waals surface area contributed by atoms with Crippen LogP contribution >= 0.6 is 0 Å². The fourth-order valence-electron chi connectivity index (χ4n) is 1.34. The Bertz CT molecular complexity index is 466. The second-order valence-corrected chi connectivity index (χ2v) is 3.91. The zero-order valence-electron chi connectivity index (χ0n) is 11.0. The second-order valence-electron chi connectivity index (χ2n) is 3.91. The van der Waals surface area contributed by atoms with Gasteiger partial charge in [0.15, 0.2) is 0 Å². The first kappa shape index (κ1) is 14.9. The Morgan fingerprint density at radius 2 is 1.42 bits per heavy atom. The number of carbonyl (C=O) groups is 1. The van der Waals surface area contributed by atoms with Crippen molar-refractivity contribution < 1.29 is 14.6 Å². The van der Waals surface area contributed by atoms with E-state index >= 15 is 0 Å². The Hall–Kier alpha value is -2.13. The number of hydrogen-bond donors (Lipinski definition) is 1. The topological polar surface area (TPSA) is 46.5 Å². The summed E-state index contributed by atoms with van der Waals surface area (Å²) < 4.78 is 4.79. The van der Waals surface area contributed by atoms with Crippen LogP contribution in [0.4, 0.5) is 0 Å². The highest BCUT2D eigenvalue weighted by Crippen LogP contribution is 1.99. The highest BCUT2D eigenvalue weighted by molar-refractivity contribution is 5.65.